The maximum absolute atomic E-state index is 11.8. The van der Waals surface area contributed by atoms with Crippen molar-refractivity contribution < 1.29 is 13.2 Å². The van der Waals surface area contributed by atoms with Crippen LogP contribution in [0.4, 0.5) is 0 Å². The minimum atomic E-state index is -3.20. The molecule has 0 radical (unpaired) electrons. The first-order valence-electron chi connectivity index (χ1n) is 12.5. The summed E-state index contributed by atoms with van der Waals surface area (Å²) in [6, 6.07) is 17.2. The number of sulfone groups is 1. The van der Waals surface area contributed by atoms with Crippen molar-refractivity contribution in [3.05, 3.63) is 95.5 Å². The van der Waals surface area contributed by atoms with E-state index < -0.39 is 9.84 Å². The van der Waals surface area contributed by atoms with E-state index in [1.807, 2.05) is 48.8 Å². The van der Waals surface area contributed by atoms with Crippen molar-refractivity contribution in [2.75, 3.05) is 6.26 Å². The molecule has 4 aromatic rings. The average Bonchev–Trinajstić information content (AvgIpc) is 2.90. The lowest BCUT2D eigenvalue weighted by molar-refractivity contribution is 0.117. The molecule has 8 heteroatoms. The molecule has 2 aromatic heterocycles. The number of aromatic nitrogens is 2. The van der Waals surface area contributed by atoms with Crippen molar-refractivity contribution in [2.45, 2.75) is 49.3 Å². The van der Waals surface area contributed by atoms with Crippen LogP contribution < -0.4 is 10.1 Å². The van der Waals surface area contributed by atoms with Crippen LogP contribution in [0.25, 0.3) is 10.8 Å². The molecule has 5 rings (SSSR count). The lowest BCUT2D eigenvalue weighted by Crippen LogP contribution is -2.33. The molecule has 0 saturated heterocycles. The average molecular weight is 536 g/mol. The summed E-state index contributed by atoms with van der Waals surface area (Å²) < 4.78 is 29.9. The molecule has 0 spiro atoms. The third-order valence-corrected chi connectivity index (χ3v) is 8.52. The zero-order chi connectivity index (χ0) is 25.8. The second kappa shape index (κ2) is 11.2. The third kappa shape index (κ3) is 6.29. The van der Waals surface area contributed by atoms with E-state index in [1.165, 1.54) is 6.26 Å². The molecule has 1 saturated carbocycles. The van der Waals surface area contributed by atoms with Gasteiger partial charge in [0.05, 0.1) is 16.0 Å². The fourth-order valence-corrected chi connectivity index (χ4v) is 5.94. The van der Waals surface area contributed by atoms with Gasteiger partial charge in [-0.2, -0.15) is 0 Å². The Hall–Kier alpha value is -3.00. The molecule has 1 aliphatic carbocycles. The van der Waals surface area contributed by atoms with Crippen LogP contribution in [0.5, 0.6) is 5.75 Å². The van der Waals surface area contributed by atoms with Gasteiger partial charge in [-0.1, -0.05) is 29.8 Å². The number of nitrogens with one attached hydrogen (secondary N) is 1. The van der Waals surface area contributed by atoms with Crippen molar-refractivity contribution in [1.82, 2.24) is 15.3 Å². The lowest BCUT2D eigenvalue weighted by Gasteiger charge is -2.35. The monoisotopic (exact) mass is 535 g/mol. The number of pyridine rings is 2. The quantitative estimate of drug-likeness (QED) is 0.291. The van der Waals surface area contributed by atoms with E-state index in [1.54, 1.807) is 24.5 Å². The topological polar surface area (TPSA) is 81.2 Å². The molecule has 1 fully saturated rings. The molecule has 6 nitrogen and oxygen atoms in total. The smallest absolute Gasteiger partial charge is 0.175 e. The Morgan fingerprint density at radius 1 is 0.973 bits per heavy atom. The van der Waals surface area contributed by atoms with E-state index in [4.69, 9.17) is 16.3 Å². The number of halogens is 1. The maximum atomic E-state index is 11.8. The van der Waals surface area contributed by atoms with Crippen LogP contribution in [-0.4, -0.2) is 30.7 Å². The Bertz CT molecular complexity index is 1460. The van der Waals surface area contributed by atoms with Gasteiger partial charge in [0.1, 0.15) is 5.75 Å². The second-order valence-electron chi connectivity index (χ2n) is 9.72. The predicted molar refractivity (Wildman–Crippen MR) is 146 cm³/mol. The second-order valence-corrected chi connectivity index (χ2v) is 12.1. The molecule has 1 atom stereocenters. The maximum Gasteiger partial charge on any atom is 0.175 e. The molecule has 0 aliphatic heterocycles. The van der Waals surface area contributed by atoms with Gasteiger partial charge >= 0.3 is 0 Å². The van der Waals surface area contributed by atoms with Crippen molar-refractivity contribution in [1.29, 1.82) is 0 Å². The minimum absolute atomic E-state index is 0.117. The summed E-state index contributed by atoms with van der Waals surface area (Å²) in [5, 5.41) is 6.39. The van der Waals surface area contributed by atoms with Crippen LogP contribution in [0.1, 0.15) is 42.9 Å². The van der Waals surface area contributed by atoms with Crippen molar-refractivity contribution >= 4 is 32.2 Å². The molecular weight excluding hydrogens is 506 g/mol. The highest BCUT2D eigenvalue weighted by molar-refractivity contribution is 7.90. The number of hydrogen-bond acceptors (Lipinski definition) is 6. The molecule has 2 aromatic carbocycles. The summed E-state index contributed by atoms with van der Waals surface area (Å²) in [6.07, 6.45) is 12.6. The van der Waals surface area contributed by atoms with Gasteiger partial charge in [-0.05, 0) is 84.5 Å². The standard InChI is InChI=1S/C29H30ClN3O3S/c1-37(34,35)26-10-4-20(5-11-26)17-33-29(23-3-2-13-31-18-23)21-6-8-25(9-7-21)36-28-16-22-12-14-32-19-24(22)15-27(28)30/h2-5,10-16,18-19,21,25,29,33H,6-9,17H2,1H3. The van der Waals surface area contributed by atoms with Gasteiger partial charge in [-0.15, -0.1) is 0 Å². The molecule has 0 amide bonds. The van der Waals surface area contributed by atoms with Crippen molar-refractivity contribution in [3.63, 3.8) is 0 Å². The van der Waals surface area contributed by atoms with E-state index in [0.29, 0.717) is 22.4 Å². The highest BCUT2D eigenvalue weighted by Crippen LogP contribution is 2.38. The molecule has 1 unspecified atom stereocenters. The summed E-state index contributed by atoms with van der Waals surface area (Å²) in [5.74, 6) is 1.15. The number of nitrogens with zero attached hydrogens (tertiary/aromatic N) is 2. The van der Waals surface area contributed by atoms with Crippen LogP contribution in [0.15, 0.2) is 84.3 Å². The first-order valence-corrected chi connectivity index (χ1v) is 14.8. The highest BCUT2D eigenvalue weighted by atomic mass is 35.5. The number of ether oxygens (including phenoxy) is 1. The van der Waals surface area contributed by atoms with Crippen molar-refractivity contribution in [2.24, 2.45) is 5.92 Å². The van der Waals surface area contributed by atoms with Gasteiger partial charge in [-0.25, -0.2) is 8.42 Å². The van der Waals surface area contributed by atoms with Gasteiger partial charge < -0.3 is 10.1 Å². The molecule has 192 valence electrons. The van der Waals surface area contributed by atoms with E-state index in [0.717, 1.165) is 53.3 Å². The van der Waals surface area contributed by atoms with Crippen LogP contribution >= 0.6 is 11.6 Å². The van der Waals surface area contributed by atoms with Gasteiger partial charge in [-0.3, -0.25) is 9.97 Å². The molecule has 1 aliphatic rings. The summed E-state index contributed by atoms with van der Waals surface area (Å²) in [7, 11) is -3.20. The summed E-state index contributed by atoms with van der Waals surface area (Å²) in [6.45, 7) is 0.640. The van der Waals surface area contributed by atoms with E-state index >= 15 is 0 Å². The lowest BCUT2D eigenvalue weighted by atomic mass is 9.80. The highest BCUT2D eigenvalue weighted by Gasteiger charge is 2.30. The fourth-order valence-electron chi connectivity index (χ4n) is 5.10. The van der Waals surface area contributed by atoms with Gasteiger partial charge in [0, 0.05) is 49.0 Å². The van der Waals surface area contributed by atoms with Gasteiger partial charge in [0.25, 0.3) is 0 Å². The SMILES string of the molecule is CS(=O)(=O)c1ccc(CNC(c2cccnc2)C2CCC(Oc3cc4ccncc4cc3Cl)CC2)cc1. The number of rotatable bonds is 8. The number of fused-ring (bicyclic) bond motifs is 1. The van der Waals surface area contributed by atoms with E-state index in [9.17, 15) is 8.42 Å². The predicted octanol–water partition coefficient (Wildman–Crippen LogP) is 6.16. The van der Waals surface area contributed by atoms with Crippen LogP contribution in [0.3, 0.4) is 0 Å². The zero-order valence-corrected chi connectivity index (χ0v) is 22.3. The van der Waals surface area contributed by atoms with Crippen LogP contribution in [0.2, 0.25) is 5.02 Å². The molecular formula is C29H30ClN3O3S. The normalized spacial score (nSPS) is 19.0. The van der Waals surface area contributed by atoms with Crippen LogP contribution in [0, 0.1) is 5.92 Å². The molecule has 1 N–H and O–H groups in total. The zero-order valence-electron chi connectivity index (χ0n) is 20.7. The Morgan fingerprint density at radius 2 is 1.73 bits per heavy atom. The van der Waals surface area contributed by atoms with Crippen LogP contribution in [-0.2, 0) is 16.4 Å². The largest absolute Gasteiger partial charge is 0.489 e. The van der Waals surface area contributed by atoms with Gasteiger partial charge in [0.2, 0.25) is 0 Å². The fraction of sp³-hybridized carbons (Fsp3) is 0.310. The molecule has 37 heavy (non-hydrogen) atoms. The Balaban J connectivity index is 1.25. The summed E-state index contributed by atoms with van der Waals surface area (Å²) in [4.78, 5) is 8.85. The number of hydrogen-bond donors (Lipinski definition) is 1. The Morgan fingerprint density at radius 3 is 2.43 bits per heavy atom. The Kier molecular flexibility index (Phi) is 7.74. The Labute approximate surface area is 223 Å². The van der Waals surface area contributed by atoms with E-state index in [2.05, 4.69) is 21.4 Å². The summed E-state index contributed by atoms with van der Waals surface area (Å²) >= 11 is 6.51. The van der Waals surface area contributed by atoms with E-state index in [-0.39, 0.29) is 12.1 Å². The first kappa shape index (κ1) is 25.6. The third-order valence-electron chi connectivity index (χ3n) is 7.10. The first-order chi connectivity index (χ1) is 17.9. The minimum Gasteiger partial charge on any atom is -0.489 e. The van der Waals surface area contributed by atoms with Crippen molar-refractivity contribution in [3.8, 4) is 5.75 Å². The van der Waals surface area contributed by atoms with Gasteiger partial charge in [0.15, 0.2) is 9.84 Å². The number of benzene rings is 2. The molecule has 2 heterocycles. The summed E-state index contributed by atoms with van der Waals surface area (Å²) in [5.41, 5.74) is 2.20. The molecule has 0 bridgehead atoms.